The van der Waals surface area contributed by atoms with E-state index in [1.54, 1.807) is 18.2 Å². The van der Waals surface area contributed by atoms with Crippen molar-refractivity contribution < 1.29 is 24.9 Å². The molecule has 0 saturated heterocycles. The summed E-state index contributed by atoms with van der Waals surface area (Å²) < 4.78 is 0. The SMILES string of the molecule is O=C(/C=C/c1ccccc1O)Nc1ccc(O)cc1C(=O)O. The Balaban J connectivity index is 2.16. The van der Waals surface area contributed by atoms with Crippen molar-refractivity contribution in [3.8, 4) is 11.5 Å². The molecule has 4 N–H and O–H groups in total. The molecule has 2 rings (SSSR count). The van der Waals surface area contributed by atoms with E-state index in [0.717, 1.165) is 6.07 Å². The van der Waals surface area contributed by atoms with E-state index in [2.05, 4.69) is 5.32 Å². The highest BCUT2D eigenvalue weighted by Gasteiger charge is 2.12. The lowest BCUT2D eigenvalue weighted by molar-refractivity contribution is -0.111. The Morgan fingerprint density at radius 1 is 1.05 bits per heavy atom. The van der Waals surface area contributed by atoms with Crippen LogP contribution in [-0.2, 0) is 4.79 Å². The summed E-state index contributed by atoms with van der Waals surface area (Å²) in [5, 5.41) is 30.3. The molecule has 0 bridgehead atoms. The lowest BCUT2D eigenvalue weighted by Gasteiger charge is -2.07. The van der Waals surface area contributed by atoms with Crippen LogP contribution in [0, 0.1) is 0 Å². The van der Waals surface area contributed by atoms with Gasteiger partial charge in [-0.25, -0.2) is 4.79 Å². The minimum atomic E-state index is -1.27. The number of nitrogens with one attached hydrogen (secondary N) is 1. The molecule has 1 amide bonds. The quantitative estimate of drug-likeness (QED) is 0.512. The molecule has 0 unspecified atom stereocenters. The van der Waals surface area contributed by atoms with Crippen LogP contribution in [0.25, 0.3) is 6.08 Å². The zero-order valence-corrected chi connectivity index (χ0v) is 11.4. The number of aromatic hydroxyl groups is 2. The van der Waals surface area contributed by atoms with Gasteiger partial charge < -0.3 is 20.6 Å². The van der Waals surface area contributed by atoms with Crippen molar-refractivity contribution in [2.24, 2.45) is 0 Å². The number of aromatic carboxylic acids is 1. The maximum atomic E-state index is 11.8. The van der Waals surface area contributed by atoms with Crippen LogP contribution in [0.4, 0.5) is 5.69 Å². The van der Waals surface area contributed by atoms with Crippen molar-refractivity contribution in [2.75, 3.05) is 5.32 Å². The van der Waals surface area contributed by atoms with E-state index in [9.17, 15) is 19.8 Å². The molecular weight excluding hydrogens is 286 g/mol. The number of phenols is 2. The molecular formula is C16H13NO5. The van der Waals surface area contributed by atoms with Crippen molar-refractivity contribution in [3.05, 3.63) is 59.7 Å². The van der Waals surface area contributed by atoms with E-state index in [4.69, 9.17) is 5.11 Å². The van der Waals surface area contributed by atoms with Crippen molar-refractivity contribution >= 4 is 23.6 Å². The Hall–Kier alpha value is -3.28. The number of carboxylic acids is 1. The number of benzene rings is 2. The summed E-state index contributed by atoms with van der Waals surface area (Å²) in [7, 11) is 0. The van der Waals surface area contributed by atoms with E-state index in [1.807, 2.05) is 0 Å². The fourth-order valence-corrected chi connectivity index (χ4v) is 1.79. The summed E-state index contributed by atoms with van der Waals surface area (Å²) in [4.78, 5) is 22.9. The lowest BCUT2D eigenvalue weighted by Crippen LogP contribution is -2.11. The maximum Gasteiger partial charge on any atom is 0.337 e. The van der Waals surface area contributed by atoms with Gasteiger partial charge in [0.2, 0.25) is 5.91 Å². The highest BCUT2D eigenvalue weighted by Crippen LogP contribution is 2.22. The highest BCUT2D eigenvalue weighted by molar-refractivity contribution is 6.06. The van der Waals surface area contributed by atoms with Crippen LogP contribution in [0.5, 0.6) is 11.5 Å². The van der Waals surface area contributed by atoms with E-state index in [1.165, 1.54) is 30.4 Å². The van der Waals surface area contributed by atoms with E-state index in [0.29, 0.717) is 5.56 Å². The second-order valence-corrected chi connectivity index (χ2v) is 4.42. The Morgan fingerprint density at radius 3 is 2.45 bits per heavy atom. The molecule has 0 radical (unpaired) electrons. The first kappa shape index (κ1) is 15.1. The molecule has 0 atom stereocenters. The van der Waals surface area contributed by atoms with Crippen LogP contribution in [0.2, 0.25) is 0 Å². The fourth-order valence-electron chi connectivity index (χ4n) is 1.79. The van der Waals surface area contributed by atoms with E-state index >= 15 is 0 Å². The predicted octanol–water partition coefficient (Wildman–Crippen LogP) is 2.45. The van der Waals surface area contributed by atoms with Gasteiger partial charge in [-0.2, -0.15) is 0 Å². The standard InChI is InChI=1S/C16H13NO5/c18-11-6-7-13(12(9-11)16(21)22)17-15(20)8-5-10-3-1-2-4-14(10)19/h1-9,18-19H,(H,17,20)(H,21,22)/b8-5+. The lowest BCUT2D eigenvalue weighted by atomic mass is 10.1. The molecule has 2 aromatic carbocycles. The first-order valence-corrected chi connectivity index (χ1v) is 6.31. The van der Waals surface area contributed by atoms with Gasteiger partial charge >= 0.3 is 5.97 Å². The number of phenolic OH excluding ortho intramolecular Hbond substituents is 2. The third-order valence-corrected chi connectivity index (χ3v) is 2.84. The number of hydrogen-bond acceptors (Lipinski definition) is 4. The monoisotopic (exact) mass is 299 g/mol. The van der Waals surface area contributed by atoms with Gasteiger partial charge in [0, 0.05) is 11.6 Å². The van der Waals surface area contributed by atoms with Gasteiger partial charge in [-0.1, -0.05) is 18.2 Å². The third kappa shape index (κ3) is 3.63. The molecule has 0 aromatic heterocycles. The fraction of sp³-hybridized carbons (Fsp3) is 0. The van der Waals surface area contributed by atoms with Crippen molar-refractivity contribution in [3.63, 3.8) is 0 Å². The van der Waals surface area contributed by atoms with Gasteiger partial charge in [-0.15, -0.1) is 0 Å². The van der Waals surface area contributed by atoms with Gasteiger partial charge in [0.25, 0.3) is 0 Å². The predicted molar refractivity (Wildman–Crippen MR) is 80.8 cm³/mol. The van der Waals surface area contributed by atoms with Crippen LogP contribution in [0.15, 0.2) is 48.5 Å². The molecule has 0 heterocycles. The van der Waals surface area contributed by atoms with Gasteiger partial charge in [0.1, 0.15) is 11.5 Å². The van der Waals surface area contributed by atoms with Crippen molar-refractivity contribution in [1.82, 2.24) is 0 Å². The normalized spacial score (nSPS) is 10.5. The molecule has 22 heavy (non-hydrogen) atoms. The molecule has 6 nitrogen and oxygen atoms in total. The largest absolute Gasteiger partial charge is 0.508 e. The number of carboxylic acid groups (broad SMARTS) is 1. The van der Waals surface area contributed by atoms with Crippen LogP contribution in [0.1, 0.15) is 15.9 Å². The number of para-hydroxylation sites is 1. The topological polar surface area (TPSA) is 107 Å². The van der Waals surface area contributed by atoms with Gasteiger partial charge in [0.05, 0.1) is 11.3 Å². The summed E-state index contributed by atoms with van der Waals surface area (Å²) in [5.74, 6) is -2.00. The van der Waals surface area contributed by atoms with Crippen LogP contribution in [-0.4, -0.2) is 27.2 Å². The number of amides is 1. The van der Waals surface area contributed by atoms with Crippen LogP contribution >= 0.6 is 0 Å². The molecule has 0 fully saturated rings. The molecule has 112 valence electrons. The molecule has 6 heteroatoms. The minimum absolute atomic E-state index is 0.0300. The smallest absolute Gasteiger partial charge is 0.337 e. The molecule has 2 aromatic rings. The molecule has 0 spiro atoms. The van der Waals surface area contributed by atoms with E-state index < -0.39 is 11.9 Å². The molecule has 0 aliphatic carbocycles. The maximum absolute atomic E-state index is 11.8. The second kappa shape index (κ2) is 6.45. The van der Waals surface area contributed by atoms with Crippen molar-refractivity contribution in [2.45, 2.75) is 0 Å². The molecule has 0 saturated carbocycles. The van der Waals surface area contributed by atoms with Crippen LogP contribution in [0.3, 0.4) is 0 Å². The van der Waals surface area contributed by atoms with Crippen molar-refractivity contribution in [1.29, 1.82) is 0 Å². The first-order valence-electron chi connectivity index (χ1n) is 6.31. The minimum Gasteiger partial charge on any atom is -0.508 e. The summed E-state index contributed by atoms with van der Waals surface area (Å²) in [6, 6.07) is 10.1. The van der Waals surface area contributed by atoms with Crippen LogP contribution < -0.4 is 5.32 Å². The first-order chi connectivity index (χ1) is 10.5. The Bertz CT molecular complexity index is 752. The third-order valence-electron chi connectivity index (χ3n) is 2.84. The Morgan fingerprint density at radius 2 is 1.77 bits per heavy atom. The van der Waals surface area contributed by atoms with E-state index in [-0.39, 0.29) is 22.7 Å². The number of anilines is 1. The molecule has 0 aliphatic rings. The Labute approximate surface area is 126 Å². The number of carbonyl (C=O) groups is 2. The zero-order valence-electron chi connectivity index (χ0n) is 11.4. The number of rotatable bonds is 4. The second-order valence-electron chi connectivity index (χ2n) is 4.42. The summed E-state index contributed by atoms with van der Waals surface area (Å²) in [6.07, 6.45) is 2.58. The highest BCUT2D eigenvalue weighted by atomic mass is 16.4. The average molecular weight is 299 g/mol. The van der Waals surface area contributed by atoms with Gasteiger partial charge in [-0.05, 0) is 30.3 Å². The molecule has 0 aliphatic heterocycles. The Kier molecular flexibility index (Phi) is 4.43. The number of hydrogen-bond donors (Lipinski definition) is 4. The van der Waals surface area contributed by atoms with Gasteiger partial charge in [0.15, 0.2) is 0 Å². The summed E-state index contributed by atoms with van der Waals surface area (Å²) in [6.45, 7) is 0. The van der Waals surface area contributed by atoms with Gasteiger partial charge in [-0.3, -0.25) is 4.79 Å². The summed E-state index contributed by atoms with van der Waals surface area (Å²) >= 11 is 0. The average Bonchev–Trinajstić information content (AvgIpc) is 2.48. The summed E-state index contributed by atoms with van der Waals surface area (Å²) in [5.41, 5.74) is 0.309. The zero-order chi connectivity index (χ0) is 16.1. The number of carbonyl (C=O) groups excluding carboxylic acids is 1.